The highest BCUT2D eigenvalue weighted by Gasteiger charge is 2.23. The molecule has 0 spiro atoms. The molecule has 0 aromatic heterocycles. The van der Waals surface area contributed by atoms with E-state index in [0.717, 1.165) is 0 Å². The molecule has 0 heterocycles. The molecule has 15 heavy (non-hydrogen) atoms. The van der Waals surface area contributed by atoms with Crippen LogP contribution in [-0.4, -0.2) is 45.2 Å². The van der Waals surface area contributed by atoms with Crippen molar-refractivity contribution in [3.05, 3.63) is 0 Å². The third-order valence-electron chi connectivity index (χ3n) is 1.08. The Morgan fingerprint density at radius 1 is 0.800 bits per heavy atom. The highest BCUT2D eigenvalue weighted by molar-refractivity contribution is 6.64. The Morgan fingerprint density at radius 3 is 1.27 bits per heavy atom. The molecule has 0 aliphatic heterocycles. The summed E-state index contributed by atoms with van der Waals surface area (Å²) < 4.78 is 10.5. The highest BCUT2D eigenvalue weighted by Crippen LogP contribution is 2.04. The van der Waals surface area contributed by atoms with Crippen LogP contribution < -0.4 is 0 Å². The summed E-state index contributed by atoms with van der Waals surface area (Å²) >= 11 is 0. The topological polar surface area (TPSA) is 58.9 Å². The van der Waals surface area contributed by atoms with Gasteiger partial charge in [-0.2, -0.15) is 0 Å². The lowest BCUT2D eigenvalue weighted by molar-refractivity contribution is 0.121. The first-order valence-corrected chi connectivity index (χ1v) is 6.43. The van der Waals surface area contributed by atoms with E-state index in [0.29, 0.717) is 13.2 Å². The second-order valence-corrected chi connectivity index (χ2v) is 5.92. The minimum atomic E-state index is -2.07. The van der Waals surface area contributed by atoms with E-state index in [1.165, 1.54) is 0 Å². The van der Waals surface area contributed by atoms with Gasteiger partial charge in [-0.05, 0) is 13.1 Å². The second kappa shape index (κ2) is 16.5. The summed E-state index contributed by atoms with van der Waals surface area (Å²) in [6.45, 7) is 4.39. The summed E-state index contributed by atoms with van der Waals surface area (Å²) in [5, 5.41) is 16.9. The van der Waals surface area contributed by atoms with Gasteiger partial charge in [0.1, 0.15) is 0 Å². The summed E-state index contributed by atoms with van der Waals surface area (Å²) in [7, 11) is -2.07. The molecule has 2 N–H and O–H groups in total. The molecule has 0 saturated carbocycles. The smallest absolute Gasteiger partial charge is 0.331 e. The van der Waals surface area contributed by atoms with Crippen LogP contribution in [-0.2, 0) is 8.85 Å². The first-order valence-electron chi connectivity index (χ1n) is 3.62. The lowest BCUT2D eigenvalue weighted by atomic mass is 10.8. The third kappa shape index (κ3) is 20.2. The van der Waals surface area contributed by atoms with Gasteiger partial charge in [0.2, 0.25) is 0 Å². The Hall–Kier alpha value is 0.0569. The van der Waals surface area contributed by atoms with Gasteiger partial charge >= 0.3 is 8.56 Å². The standard InChI is InChI=1S/C6H16O4Si.4CH4/c1-11(2,9-5-3-7)10-6-4-8;;;;/h7-8H,3-6H2,1-2H3;4*1H4. The van der Waals surface area contributed by atoms with Gasteiger partial charge in [-0.25, -0.2) is 0 Å². The first-order chi connectivity index (χ1) is 5.12. The molecule has 0 amide bonds. The fraction of sp³-hybridized carbons (Fsp3) is 1.00. The lowest BCUT2D eigenvalue weighted by Gasteiger charge is -2.21. The maximum absolute atomic E-state index is 8.45. The Labute approximate surface area is 97.5 Å². The Morgan fingerprint density at radius 2 is 1.07 bits per heavy atom. The monoisotopic (exact) mass is 244 g/mol. The van der Waals surface area contributed by atoms with Crippen LogP contribution in [0.2, 0.25) is 13.1 Å². The average molecular weight is 244 g/mol. The van der Waals surface area contributed by atoms with Crippen LogP contribution in [0.4, 0.5) is 0 Å². The van der Waals surface area contributed by atoms with Crippen molar-refractivity contribution in [1.29, 1.82) is 0 Å². The van der Waals surface area contributed by atoms with Crippen LogP contribution in [0.15, 0.2) is 0 Å². The quantitative estimate of drug-likeness (QED) is 0.704. The largest absolute Gasteiger partial charge is 0.394 e. The first kappa shape index (κ1) is 29.4. The number of hydrogen-bond acceptors (Lipinski definition) is 4. The molecule has 100 valence electrons. The van der Waals surface area contributed by atoms with Gasteiger partial charge in [-0.1, -0.05) is 29.7 Å². The highest BCUT2D eigenvalue weighted by atomic mass is 28.4. The molecule has 0 radical (unpaired) electrons. The summed E-state index contributed by atoms with van der Waals surface area (Å²) in [6.07, 6.45) is 0. The Bertz CT molecular complexity index is 89.4. The van der Waals surface area contributed by atoms with Crippen LogP contribution >= 0.6 is 0 Å². The van der Waals surface area contributed by atoms with Crippen molar-refractivity contribution in [2.75, 3.05) is 26.4 Å². The summed E-state index contributed by atoms with van der Waals surface area (Å²) in [6, 6.07) is 0. The van der Waals surface area contributed by atoms with Crippen molar-refractivity contribution < 1.29 is 19.1 Å². The summed E-state index contributed by atoms with van der Waals surface area (Å²) in [5.41, 5.74) is 0. The normalized spacial score (nSPS) is 8.80. The number of aliphatic hydroxyl groups excluding tert-OH is 2. The maximum atomic E-state index is 8.45. The molecule has 0 unspecified atom stereocenters. The fourth-order valence-electron chi connectivity index (χ4n) is 0.625. The van der Waals surface area contributed by atoms with Gasteiger partial charge in [-0.15, -0.1) is 0 Å². The fourth-order valence-corrected chi connectivity index (χ4v) is 1.87. The second-order valence-electron chi connectivity index (χ2n) is 2.54. The van der Waals surface area contributed by atoms with Crippen molar-refractivity contribution in [2.45, 2.75) is 42.8 Å². The van der Waals surface area contributed by atoms with E-state index >= 15 is 0 Å². The number of rotatable bonds is 6. The van der Waals surface area contributed by atoms with Crippen molar-refractivity contribution in [3.63, 3.8) is 0 Å². The van der Waals surface area contributed by atoms with Crippen molar-refractivity contribution >= 4 is 8.56 Å². The maximum Gasteiger partial charge on any atom is 0.331 e. The molecule has 0 atom stereocenters. The van der Waals surface area contributed by atoms with Crippen LogP contribution in [0.1, 0.15) is 29.7 Å². The zero-order valence-electron chi connectivity index (χ0n) is 7.04. The molecular formula is C10H32O4Si. The van der Waals surface area contributed by atoms with E-state index in [1.807, 2.05) is 13.1 Å². The molecule has 4 nitrogen and oxygen atoms in total. The molecule has 0 fully saturated rings. The van der Waals surface area contributed by atoms with Crippen molar-refractivity contribution in [1.82, 2.24) is 0 Å². The van der Waals surface area contributed by atoms with Crippen LogP contribution in [0.3, 0.4) is 0 Å². The van der Waals surface area contributed by atoms with E-state index in [2.05, 4.69) is 0 Å². The van der Waals surface area contributed by atoms with E-state index in [-0.39, 0.29) is 42.9 Å². The van der Waals surface area contributed by atoms with E-state index in [1.54, 1.807) is 0 Å². The molecule has 0 rings (SSSR count). The Kier molecular flexibility index (Phi) is 32.3. The predicted molar refractivity (Wildman–Crippen MR) is 70.5 cm³/mol. The third-order valence-corrected chi connectivity index (χ3v) is 2.88. The van der Waals surface area contributed by atoms with E-state index in [9.17, 15) is 0 Å². The predicted octanol–water partition coefficient (Wildman–Crippen LogP) is 2.25. The van der Waals surface area contributed by atoms with Crippen LogP contribution in [0.25, 0.3) is 0 Å². The van der Waals surface area contributed by atoms with Gasteiger partial charge in [0, 0.05) is 0 Å². The average Bonchev–Trinajstić information content (AvgIpc) is 1.97. The number of hydrogen-bond donors (Lipinski definition) is 2. The molecule has 0 aliphatic rings. The zero-order valence-corrected chi connectivity index (χ0v) is 8.04. The van der Waals surface area contributed by atoms with Crippen molar-refractivity contribution in [3.8, 4) is 0 Å². The molecule has 0 aromatic rings. The summed E-state index contributed by atoms with van der Waals surface area (Å²) in [4.78, 5) is 0. The minimum Gasteiger partial charge on any atom is -0.394 e. The van der Waals surface area contributed by atoms with Gasteiger partial charge in [0.15, 0.2) is 0 Å². The molecule has 0 bridgehead atoms. The van der Waals surface area contributed by atoms with Gasteiger partial charge < -0.3 is 19.1 Å². The lowest BCUT2D eigenvalue weighted by Crippen LogP contribution is -2.36. The van der Waals surface area contributed by atoms with Gasteiger partial charge in [-0.3, -0.25) is 0 Å². The Balaban J connectivity index is -0.0000000833. The zero-order chi connectivity index (χ0) is 8.74. The molecule has 0 saturated heterocycles. The SMILES string of the molecule is C.C.C.C.C[Si](C)(OCCO)OCCO. The van der Waals surface area contributed by atoms with Gasteiger partial charge in [0.25, 0.3) is 0 Å². The minimum absolute atomic E-state index is 0. The molecule has 5 heteroatoms. The number of aliphatic hydroxyl groups is 2. The van der Waals surface area contributed by atoms with Gasteiger partial charge in [0.05, 0.1) is 26.4 Å². The van der Waals surface area contributed by atoms with E-state index in [4.69, 9.17) is 19.1 Å². The summed E-state index contributed by atoms with van der Waals surface area (Å²) in [5.74, 6) is 0. The van der Waals surface area contributed by atoms with E-state index < -0.39 is 8.56 Å². The molecule has 0 aliphatic carbocycles. The van der Waals surface area contributed by atoms with Crippen molar-refractivity contribution in [2.24, 2.45) is 0 Å². The molecule has 0 aromatic carbocycles. The van der Waals surface area contributed by atoms with Crippen LogP contribution in [0.5, 0.6) is 0 Å². The van der Waals surface area contributed by atoms with Crippen LogP contribution in [0, 0.1) is 0 Å². The molecular weight excluding hydrogens is 212 g/mol.